The number of aliphatic hydroxyl groups excluding tert-OH is 1. The monoisotopic (exact) mass is 454 g/mol. The van der Waals surface area contributed by atoms with Gasteiger partial charge in [0.1, 0.15) is 6.10 Å². The van der Waals surface area contributed by atoms with Crippen molar-refractivity contribution in [3.8, 4) is 0 Å². The lowest BCUT2D eigenvalue weighted by Crippen LogP contribution is -2.50. The number of rotatable bonds is 13. The zero-order chi connectivity index (χ0) is 24.3. The van der Waals surface area contributed by atoms with E-state index in [0.717, 1.165) is 17.5 Å². The van der Waals surface area contributed by atoms with E-state index in [-0.39, 0.29) is 11.8 Å². The minimum Gasteiger partial charge on any atom is -0.382 e. The largest absolute Gasteiger partial charge is 0.382 e. The summed E-state index contributed by atoms with van der Waals surface area (Å²) in [4.78, 5) is 24.8. The molecule has 3 atom stereocenters. The molecule has 0 bridgehead atoms. The summed E-state index contributed by atoms with van der Waals surface area (Å²) in [6.45, 7) is 5.00. The van der Waals surface area contributed by atoms with E-state index in [1.807, 2.05) is 74.5 Å². The first-order valence-corrected chi connectivity index (χ1v) is 11.5. The summed E-state index contributed by atoms with van der Waals surface area (Å²) in [7, 11) is 0. The van der Waals surface area contributed by atoms with Crippen LogP contribution in [-0.2, 0) is 22.4 Å². The minimum absolute atomic E-state index is 0.0642. The van der Waals surface area contributed by atoms with Crippen LogP contribution in [0.3, 0.4) is 0 Å². The smallest absolute Gasteiger partial charge is 0.250 e. The molecule has 2 amide bonds. The van der Waals surface area contributed by atoms with Gasteiger partial charge in [0, 0.05) is 25.6 Å². The molecule has 0 saturated carbocycles. The number of nitrogens with one attached hydrogen (secondary N) is 2. The molecule has 0 fully saturated rings. The van der Waals surface area contributed by atoms with Crippen LogP contribution in [0.5, 0.6) is 0 Å². The maximum absolute atomic E-state index is 12.4. The van der Waals surface area contributed by atoms with Crippen LogP contribution in [0.1, 0.15) is 31.4 Å². The average molecular weight is 455 g/mol. The van der Waals surface area contributed by atoms with Gasteiger partial charge in [0.2, 0.25) is 11.8 Å². The topological polar surface area (TPSA) is 130 Å². The van der Waals surface area contributed by atoms with Gasteiger partial charge in [-0.05, 0) is 41.8 Å². The second-order valence-electron chi connectivity index (χ2n) is 9.45. The first kappa shape index (κ1) is 26.5. The Balaban J connectivity index is 1.74. The maximum atomic E-state index is 12.4. The first-order chi connectivity index (χ1) is 15.7. The number of hydrogen-bond acceptors (Lipinski definition) is 5. The highest BCUT2D eigenvalue weighted by Gasteiger charge is 2.26. The number of benzene rings is 2. The van der Waals surface area contributed by atoms with Crippen molar-refractivity contribution >= 4 is 11.8 Å². The quantitative estimate of drug-likeness (QED) is 0.312. The van der Waals surface area contributed by atoms with Crippen LogP contribution in [0.15, 0.2) is 60.7 Å². The van der Waals surface area contributed by atoms with Crippen molar-refractivity contribution in [3.63, 3.8) is 0 Å². The summed E-state index contributed by atoms with van der Waals surface area (Å²) >= 11 is 0. The fourth-order valence-electron chi connectivity index (χ4n) is 3.54. The Bertz CT molecular complexity index is 858. The van der Waals surface area contributed by atoms with Crippen LogP contribution in [0.2, 0.25) is 0 Å². The molecule has 180 valence electrons. The zero-order valence-electron chi connectivity index (χ0n) is 19.7. The molecule has 0 saturated heterocycles. The molecule has 0 heterocycles. The number of hydrogen-bond donors (Lipinski definition) is 5. The van der Waals surface area contributed by atoms with E-state index in [4.69, 9.17) is 11.5 Å². The van der Waals surface area contributed by atoms with Gasteiger partial charge in [0.15, 0.2) is 0 Å². The van der Waals surface area contributed by atoms with Gasteiger partial charge in [-0.1, -0.05) is 74.5 Å². The summed E-state index contributed by atoms with van der Waals surface area (Å²) in [6.07, 6.45) is 0.200. The van der Waals surface area contributed by atoms with Crippen LogP contribution in [0.25, 0.3) is 0 Å². The molecule has 0 spiro atoms. The predicted octanol–water partition coefficient (Wildman–Crippen LogP) is 1.38. The number of carbonyl (C=O) groups is 2. The lowest BCUT2D eigenvalue weighted by molar-refractivity contribution is -0.130. The summed E-state index contributed by atoms with van der Waals surface area (Å²) in [5, 5.41) is 16.0. The van der Waals surface area contributed by atoms with Gasteiger partial charge < -0.3 is 27.2 Å². The lowest BCUT2D eigenvalue weighted by Gasteiger charge is -2.27. The Hall–Kier alpha value is -2.74. The predicted molar refractivity (Wildman–Crippen MR) is 131 cm³/mol. The van der Waals surface area contributed by atoms with Crippen LogP contribution >= 0.6 is 0 Å². The molecule has 3 unspecified atom stereocenters. The van der Waals surface area contributed by atoms with Gasteiger partial charge in [0.05, 0.1) is 0 Å². The fourth-order valence-corrected chi connectivity index (χ4v) is 3.54. The normalized spacial score (nSPS) is 14.2. The van der Waals surface area contributed by atoms with Crippen LogP contribution < -0.4 is 22.1 Å². The van der Waals surface area contributed by atoms with E-state index in [1.54, 1.807) is 0 Å². The van der Waals surface area contributed by atoms with Crippen molar-refractivity contribution in [2.24, 2.45) is 22.8 Å². The van der Waals surface area contributed by atoms with Crippen LogP contribution in [0.4, 0.5) is 0 Å². The molecule has 7 N–H and O–H groups in total. The number of nitrogens with two attached hydrogens (primary N) is 2. The third-order valence-electron chi connectivity index (χ3n) is 5.67. The van der Waals surface area contributed by atoms with Crippen molar-refractivity contribution in [2.45, 2.75) is 45.3 Å². The van der Waals surface area contributed by atoms with E-state index < -0.39 is 23.5 Å². The highest BCUT2D eigenvalue weighted by atomic mass is 16.3. The van der Waals surface area contributed by atoms with Crippen molar-refractivity contribution in [1.82, 2.24) is 10.6 Å². The molecule has 2 aromatic carbocycles. The molecule has 0 aliphatic heterocycles. The first-order valence-electron chi connectivity index (χ1n) is 11.5. The molecule has 0 aliphatic rings. The fraction of sp³-hybridized carbons (Fsp3) is 0.462. The summed E-state index contributed by atoms with van der Waals surface area (Å²) in [6, 6.07) is 18.8. The lowest BCUT2D eigenvalue weighted by atomic mass is 9.92. The molecule has 0 aromatic heterocycles. The van der Waals surface area contributed by atoms with Crippen molar-refractivity contribution in [1.29, 1.82) is 0 Å². The number of aliphatic hydroxyl groups is 1. The van der Waals surface area contributed by atoms with Gasteiger partial charge in [0.25, 0.3) is 0 Å². The third-order valence-corrected chi connectivity index (χ3v) is 5.67. The molecule has 2 rings (SSSR count). The molecule has 7 nitrogen and oxygen atoms in total. The van der Waals surface area contributed by atoms with E-state index in [2.05, 4.69) is 10.6 Å². The Morgan fingerprint density at radius 2 is 1.42 bits per heavy atom. The van der Waals surface area contributed by atoms with Gasteiger partial charge >= 0.3 is 0 Å². The maximum Gasteiger partial charge on any atom is 0.250 e. The minimum atomic E-state index is -1.31. The SMILES string of the molecule is CC(C)(CNC(=O)CC(CN)Cc1ccccc1)CNC(=O)C(O)C(N)Cc1ccccc1. The second kappa shape index (κ2) is 13.1. The summed E-state index contributed by atoms with van der Waals surface area (Å²) in [5.41, 5.74) is 13.6. The Morgan fingerprint density at radius 3 is 1.97 bits per heavy atom. The zero-order valence-corrected chi connectivity index (χ0v) is 19.7. The van der Waals surface area contributed by atoms with Crippen molar-refractivity contribution < 1.29 is 14.7 Å². The van der Waals surface area contributed by atoms with E-state index in [9.17, 15) is 14.7 Å². The standard InChI is InChI=1S/C26H38N4O3/c1-26(2,17-29-23(31)15-21(16-27)13-19-9-5-3-6-10-19)18-30-25(33)24(32)22(28)14-20-11-7-4-8-12-20/h3-12,21-22,24,32H,13-18,27-28H2,1-2H3,(H,29,31)(H,30,33). The highest BCUT2D eigenvalue weighted by Crippen LogP contribution is 2.14. The highest BCUT2D eigenvalue weighted by molar-refractivity contribution is 5.81. The Morgan fingerprint density at radius 1 is 0.909 bits per heavy atom. The van der Waals surface area contributed by atoms with E-state index in [1.165, 1.54) is 0 Å². The van der Waals surface area contributed by atoms with Gasteiger partial charge in [-0.3, -0.25) is 9.59 Å². The van der Waals surface area contributed by atoms with Gasteiger partial charge in [-0.25, -0.2) is 0 Å². The number of amides is 2. The molecule has 7 heteroatoms. The summed E-state index contributed by atoms with van der Waals surface area (Å²) in [5.74, 6) is -0.508. The second-order valence-corrected chi connectivity index (χ2v) is 9.45. The van der Waals surface area contributed by atoms with Crippen molar-refractivity contribution in [3.05, 3.63) is 71.8 Å². The summed E-state index contributed by atoms with van der Waals surface area (Å²) < 4.78 is 0. The van der Waals surface area contributed by atoms with Crippen LogP contribution in [0, 0.1) is 11.3 Å². The molecule has 33 heavy (non-hydrogen) atoms. The molecule has 0 radical (unpaired) electrons. The van der Waals surface area contributed by atoms with Gasteiger partial charge in [-0.15, -0.1) is 0 Å². The van der Waals surface area contributed by atoms with Crippen LogP contribution in [-0.4, -0.2) is 48.7 Å². The Labute approximate surface area is 196 Å². The van der Waals surface area contributed by atoms with Gasteiger partial charge in [-0.2, -0.15) is 0 Å². The molecule has 2 aromatic rings. The molecular formula is C26H38N4O3. The molecule has 0 aliphatic carbocycles. The average Bonchev–Trinajstić information content (AvgIpc) is 2.81. The Kier molecular flexibility index (Phi) is 10.5. The molecular weight excluding hydrogens is 416 g/mol. The third kappa shape index (κ3) is 9.74. The van der Waals surface area contributed by atoms with Crippen molar-refractivity contribution in [2.75, 3.05) is 19.6 Å². The number of carbonyl (C=O) groups excluding carboxylic acids is 2. The van der Waals surface area contributed by atoms with E-state index >= 15 is 0 Å². The van der Waals surface area contributed by atoms with E-state index in [0.29, 0.717) is 32.5 Å².